The van der Waals surface area contributed by atoms with E-state index in [4.69, 9.17) is 9.72 Å². The Hall–Kier alpha value is -2.82. The Bertz CT molecular complexity index is 1050. The molecule has 1 aliphatic heterocycles. The molecule has 0 bridgehead atoms. The van der Waals surface area contributed by atoms with E-state index in [9.17, 15) is 4.79 Å². The van der Waals surface area contributed by atoms with Crippen LogP contribution in [0.4, 0.5) is 0 Å². The fraction of sp³-hybridized carbons (Fsp3) is 0.440. The SMILES string of the molecule is Cc1cccc(OCCn2c(C3CC(=O)N(C4CCCC4)C3)nc3ccccc32)c1. The Morgan fingerprint density at radius 2 is 1.93 bits per heavy atom. The topological polar surface area (TPSA) is 47.4 Å². The summed E-state index contributed by atoms with van der Waals surface area (Å²) < 4.78 is 8.29. The summed E-state index contributed by atoms with van der Waals surface area (Å²) in [6.45, 7) is 4.16. The lowest BCUT2D eigenvalue weighted by molar-refractivity contribution is -0.129. The van der Waals surface area contributed by atoms with Gasteiger partial charge in [0.2, 0.25) is 5.91 Å². The van der Waals surface area contributed by atoms with Crippen molar-refractivity contribution < 1.29 is 9.53 Å². The van der Waals surface area contributed by atoms with Crippen LogP contribution in [0.1, 0.15) is 49.4 Å². The van der Waals surface area contributed by atoms with Crippen LogP contribution in [0.2, 0.25) is 0 Å². The van der Waals surface area contributed by atoms with Crippen molar-refractivity contribution in [3.05, 3.63) is 59.9 Å². The molecule has 1 aliphatic carbocycles. The molecule has 1 saturated heterocycles. The second kappa shape index (κ2) is 8.13. The fourth-order valence-corrected chi connectivity index (χ4v) is 5.07. The van der Waals surface area contributed by atoms with Gasteiger partial charge < -0.3 is 14.2 Å². The molecule has 2 aromatic carbocycles. The van der Waals surface area contributed by atoms with Crippen molar-refractivity contribution in [1.29, 1.82) is 0 Å². The van der Waals surface area contributed by atoms with E-state index in [2.05, 4.69) is 46.7 Å². The van der Waals surface area contributed by atoms with Crippen LogP contribution in [0, 0.1) is 6.92 Å². The van der Waals surface area contributed by atoms with Crippen molar-refractivity contribution in [2.75, 3.05) is 13.2 Å². The van der Waals surface area contributed by atoms with Crippen LogP contribution in [-0.4, -0.2) is 39.6 Å². The predicted octanol–water partition coefficient (Wildman–Crippen LogP) is 4.68. The summed E-state index contributed by atoms with van der Waals surface area (Å²) in [5.41, 5.74) is 3.31. The second-order valence-corrected chi connectivity index (χ2v) is 8.66. The summed E-state index contributed by atoms with van der Waals surface area (Å²) in [6.07, 6.45) is 5.36. The molecule has 0 radical (unpaired) electrons. The molecule has 2 heterocycles. The summed E-state index contributed by atoms with van der Waals surface area (Å²) in [6, 6.07) is 16.8. The third kappa shape index (κ3) is 3.69. The largest absolute Gasteiger partial charge is 0.492 e. The standard InChI is InChI=1S/C25H29N3O2/c1-18-7-6-10-21(15-18)30-14-13-27-23-12-5-4-11-22(23)26-25(27)19-16-24(29)28(17-19)20-8-2-3-9-20/h4-7,10-12,15,19-20H,2-3,8-9,13-14,16-17H2,1H3. The summed E-state index contributed by atoms with van der Waals surface area (Å²) in [7, 11) is 0. The Labute approximate surface area is 177 Å². The first-order chi connectivity index (χ1) is 14.7. The molecular weight excluding hydrogens is 374 g/mol. The van der Waals surface area contributed by atoms with Crippen LogP contribution in [0.25, 0.3) is 11.0 Å². The maximum Gasteiger partial charge on any atom is 0.223 e. The first-order valence-corrected chi connectivity index (χ1v) is 11.1. The summed E-state index contributed by atoms with van der Waals surface area (Å²) >= 11 is 0. The van der Waals surface area contributed by atoms with Gasteiger partial charge in [-0.25, -0.2) is 4.98 Å². The number of benzene rings is 2. The van der Waals surface area contributed by atoms with Gasteiger partial charge in [0.25, 0.3) is 0 Å². The van der Waals surface area contributed by atoms with E-state index >= 15 is 0 Å². The average Bonchev–Trinajstić information content (AvgIpc) is 3.47. The third-order valence-corrected chi connectivity index (χ3v) is 6.55. The molecule has 2 aliphatic rings. The minimum absolute atomic E-state index is 0.157. The van der Waals surface area contributed by atoms with Crippen molar-refractivity contribution in [3.63, 3.8) is 0 Å². The van der Waals surface area contributed by atoms with Crippen molar-refractivity contribution in [2.45, 2.75) is 57.5 Å². The number of hydrogen-bond donors (Lipinski definition) is 0. The first-order valence-electron chi connectivity index (χ1n) is 11.1. The van der Waals surface area contributed by atoms with Gasteiger partial charge >= 0.3 is 0 Å². The third-order valence-electron chi connectivity index (χ3n) is 6.55. The number of carbonyl (C=O) groups is 1. The number of aromatic nitrogens is 2. The van der Waals surface area contributed by atoms with Crippen LogP contribution in [0.15, 0.2) is 48.5 Å². The molecular formula is C25H29N3O2. The zero-order valence-electron chi connectivity index (χ0n) is 17.6. The highest BCUT2D eigenvalue weighted by Gasteiger charge is 2.38. The first kappa shape index (κ1) is 19.2. The fourth-order valence-electron chi connectivity index (χ4n) is 5.07. The van der Waals surface area contributed by atoms with Gasteiger partial charge in [0.1, 0.15) is 18.2 Å². The summed E-state index contributed by atoms with van der Waals surface area (Å²) in [5.74, 6) is 2.37. The molecule has 5 nitrogen and oxygen atoms in total. The Morgan fingerprint density at radius 3 is 2.77 bits per heavy atom. The molecule has 5 heteroatoms. The van der Waals surface area contributed by atoms with Crippen molar-refractivity contribution in [2.24, 2.45) is 0 Å². The van der Waals surface area contributed by atoms with Crippen LogP contribution < -0.4 is 4.74 Å². The molecule has 1 aromatic heterocycles. The maximum absolute atomic E-state index is 12.8. The number of fused-ring (bicyclic) bond motifs is 1. The molecule has 2 fully saturated rings. The van der Waals surface area contributed by atoms with Crippen molar-refractivity contribution >= 4 is 16.9 Å². The molecule has 0 N–H and O–H groups in total. The minimum Gasteiger partial charge on any atom is -0.492 e. The lowest BCUT2D eigenvalue weighted by atomic mass is 10.1. The van der Waals surface area contributed by atoms with Gasteiger partial charge in [-0.1, -0.05) is 37.1 Å². The number of hydrogen-bond acceptors (Lipinski definition) is 3. The van der Waals surface area contributed by atoms with Crippen molar-refractivity contribution in [3.8, 4) is 5.75 Å². The molecule has 1 atom stereocenters. The summed E-state index contributed by atoms with van der Waals surface area (Å²) in [4.78, 5) is 19.9. The molecule has 0 spiro atoms. The zero-order chi connectivity index (χ0) is 20.5. The second-order valence-electron chi connectivity index (χ2n) is 8.66. The van der Waals surface area contributed by atoms with Gasteiger partial charge in [-0.05, 0) is 49.6 Å². The van der Waals surface area contributed by atoms with Gasteiger partial charge in [-0.2, -0.15) is 0 Å². The molecule has 3 aromatic rings. The number of imidazole rings is 1. The molecule has 1 amide bonds. The number of rotatable bonds is 6. The van der Waals surface area contributed by atoms with Gasteiger partial charge in [-0.15, -0.1) is 0 Å². The number of para-hydroxylation sites is 2. The quantitative estimate of drug-likeness (QED) is 0.600. The van der Waals surface area contributed by atoms with Crippen LogP contribution >= 0.6 is 0 Å². The Balaban J connectivity index is 1.37. The highest BCUT2D eigenvalue weighted by molar-refractivity contribution is 5.81. The molecule has 1 saturated carbocycles. The van der Waals surface area contributed by atoms with E-state index in [0.717, 1.165) is 48.5 Å². The number of aryl methyl sites for hydroxylation is 1. The smallest absolute Gasteiger partial charge is 0.223 e. The highest BCUT2D eigenvalue weighted by atomic mass is 16.5. The van der Waals surface area contributed by atoms with Crippen LogP contribution in [0.3, 0.4) is 0 Å². The molecule has 5 rings (SSSR count). The number of amides is 1. The summed E-state index contributed by atoms with van der Waals surface area (Å²) in [5, 5.41) is 0. The van der Waals surface area contributed by atoms with Gasteiger partial charge in [-0.3, -0.25) is 4.79 Å². The zero-order valence-corrected chi connectivity index (χ0v) is 17.6. The van der Waals surface area contributed by atoms with E-state index in [0.29, 0.717) is 25.0 Å². The number of likely N-dealkylation sites (tertiary alicyclic amines) is 1. The van der Waals surface area contributed by atoms with Gasteiger partial charge in [0, 0.05) is 24.9 Å². The predicted molar refractivity (Wildman–Crippen MR) is 118 cm³/mol. The van der Waals surface area contributed by atoms with E-state index in [-0.39, 0.29) is 5.92 Å². The average molecular weight is 404 g/mol. The number of ether oxygens (including phenoxy) is 1. The Morgan fingerprint density at radius 1 is 1.10 bits per heavy atom. The minimum atomic E-state index is 0.157. The number of nitrogens with zero attached hydrogens (tertiary/aromatic N) is 3. The van der Waals surface area contributed by atoms with E-state index in [1.807, 2.05) is 18.2 Å². The maximum atomic E-state index is 12.8. The van der Waals surface area contributed by atoms with E-state index < -0.39 is 0 Å². The highest BCUT2D eigenvalue weighted by Crippen LogP contribution is 2.35. The number of carbonyl (C=O) groups excluding carboxylic acids is 1. The van der Waals surface area contributed by atoms with E-state index in [1.54, 1.807) is 0 Å². The van der Waals surface area contributed by atoms with Crippen molar-refractivity contribution in [1.82, 2.24) is 14.5 Å². The normalized spacial score (nSPS) is 19.8. The molecule has 1 unspecified atom stereocenters. The van der Waals surface area contributed by atoms with Gasteiger partial charge in [0.15, 0.2) is 0 Å². The Kier molecular flexibility index (Phi) is 5.19. The lowest BCUT2D eigenvalue weighted by Gasteiger charge is -2.24. The van der Waals surface area contributed by atoms with Crippen LogP contribution in [0.5, 0.6) is 5.75 Å². The monoisotopic (exact) mass is 403 g/mol. The van der Waals surface area contributed by atoms with E-state index in [1.165, 1.54) is 18.4 Å². The molecule has 156 valence electrons. The van der Waals surface area contributed by atoms with Gasteiger partial charge in [0.05, 0.1) is 17.6 Å². The van der Waals surface area contributed by atoms with Crippen LogP contribution in [-0.2, 0) is 11.3 Å². The lowest BCUT2D eigenvalue weighted by Crippen LogP contribution is -2.34. The molecule has 30 heavy (non-hydrogen) atoms.